The molecular formula is C18H22ClN5O2. The number of primary amides is 1. The zero-order chi connectivity index (χ0) is 18.5. The molecule has 0 atom stereocenters. The topological polar surface area (TPSA) is 93.2 Å². The van der Waals surface area contributed by atoms with Crippen molar-refractivity contribution in [1.82, 2.24) is 14.7 Å². The van der Waals surface area contributed by atoms with Crippen molar-refractivity contribution < 1.29 is 9.59 Å². The summed E-state index contributed by atoms with van der Waals surface area (Å²) < 4.78 is 1.71. The minimum Gasteiger partial charge on any atom is -0.369 e. The van der Waals surface area contributed by atoms with Crippen molar-refractivity contribution in [3.63, 3.8) is 0 Å². The molecule has 138 valence electrons. The van der Waals surface area contributed by atoms with Crippen LogP contribution in [0.4, 0.5) is 5.82 Å². The molecule has 3 N–H and O–H groups in total. The average Bonchev–Trinajstić information content (AvgIpc) is 3.04. The maximum absolute atomic E-state index is 12.4. The predicted molar refractivity (Wildman–Crippen MR) is 99.8 cm³/mol. The Labute approximate surface area is 157 Å². The van der Waals surface area contributed by atoms with Gasteiger partial charge in [0.15, 0.2) is 0 Å². The molecule has 2 aromatic rings. The van der Waals surface area contributed by atoms with Gasteiger partial charge >= 0.3 is 0 Å². The van der Waals surface area contributed by atoms with Crippen molar-refractivity contribution in [2.45, 2.75) is 19.4 Å². The van der Waals surface area contributed by atoms with E-state index in [0.717, 1.165) is 5.56 Å². The number of likely N-dealkylation sites (tertiary alicyclic amines) is 1. The van der Waals surface area contributed by atoms with Gasteiger partial charge in [0.25, 0.3) is 0 Å². The van der Waals surface area contributed by atoms with Crippen LogP contribution in [0.3, 0.4) is 0 Å². The molecule has 0 bridgehead atoms. The molecule has 3 rings (SSSR count). The monoisotopic (exact) mass is 375 g/mol. The van der Waals surface area contributed by atoms with Crippen molar-refractivity contribution in [2.24, 2.45) is 11.7 Å². The smallest absolute Gasteiger partial charge is 0.239 e. The zero-order valence-corrected chi connectivity index (χ0v) is 15.2. The molecule has 0 aliphatic carbocycles. The van der Waals surface area contributed by atoms with Gasteiger partial charge in [0.05, 0.1) is 19.3 Å². The lowest BCUT2D eigenvalue weighted by atomic mass is 9.96. The summed E-state index contributed by atoms with van der Waals surface area (Å²) in [7, 11) is 0. The number of hydrogen-bond acceptors (Lipinski definition) is 4. The Morgan fingerprint density at radius 1 is 1.23 bits per heavy atom. The van der Waals surface area contributed by atoms with Crippen LogP contribution in [0, 0.1) is 5.92 Å². The Hall–Kier alpha value is -2.38. The number of hydrogen-bond donors (Lipinski definition) is 2. The van der Waals surface area contributed by atoms with Crippen LogP contribution in [0.1, 0.15) is 18.4 Å². The van der Waals surface area contributed by atoms with Gasteiger partial charge in [0, 0.05) is 17.0 Å². The maximum Gasteiger partial charge on any atom is 0.239 e. The number of halogens is 1. The van der Waals surface area contributed by atoms with Gasteiger partial charge in [-0.1, -0.05) is 29.8 Å². The molecule has 26 heavy (non-hydrogen) atoms. The van der Waals surface area contributed by atoms with Crippen molar-refractivity contribution in [2.75, 3.05) is 25.0 Å². The van der Waals surface area contributed by atoms with Crippen LogP contribution in [0.15, 0.2) is 36.5 Å². The van der Waals surface area contributed by atoms with Crippen molar-refractivity contribution in [3.05, 3.63) is 47.1 Å². The van der Waals surface area contributed by atoms with E-state index in [1.165, 1.54) is 0 Å². The second kappa shape index (κ2) is 8.33. The SMILES string of the molecule is NC(=O)C1CCN(CC(=O)Nc2ccnn2Cc2ccccc2Cl)CC1. The van der Waals surface area contributed by atoms with Gasteiger partial charge in [-0.25, -0.2) is 4.68 Å². The van der Waals surface area contributed by atoms with Crippen LogP contribution < -0.4 is 11.1 Å². The van der Waals surface area contributed by atoms with Crippen LogP contribution in [-0.2, 0) is 16.1 Å². The third-order valence-electron chi connectivity index (χ3n) is 4.62. The van der Waals surface area contributed by atoms with E-state index in [2.05, 4.69) is 10.4 Å². The van der Waals surface area contributed by atoms with E-state index >= 15 is 0 Å². The molecule has 1 aliphatic rings. The van der Waals surface area contributed by atoms with Gasteiger partial charge in [-0.15, -0.1) is 0 Å². The van der Waals surface area contributed by atoms with Gasteiger partial charge in [0.2, 0.25) is 11.8 Å². The molecule has 0 radical (unpaired) electrons. The quantitative estimate of drug-likeness (QED) is 0.803. The zero-order valence-electron chi connectivity index (χ0n) is 14.4. The van der Waals surface area contributed by atoms with Crippen molar-refractivity contribution >= 4 is 29.2 Å². The van der Waals surface area contributed by atoms with Crippen LogP contribution >= 0.6 is 11.6 Å². The lowest BCUT2D eigenvalue weighted by Crippen LogP contribution is -2.42. The van der Waals surface area contributed by atoms with E-state index in [-0.39, 0.29) is 24.3 Å². The fourth-order valence-electron chi connectivity index (χ4n) is 3.11. The highest BCUT2D eigenvalue weighted by Crippen LogP contribution is 2.19. The number of anilines is 1. The van der Waals surface area contributed by atoms with E-state index in [1.54, 1.807) is 16.9 Å². The molecule has 2 amide bonds. The lowest BCUT2D eigenvalue weighted by Gasteiger charge is -2.29. The van der Waals surface area contributed by atoms with Crippen molar-refractivity contribution in [3.8, 4) is 0 Å². The number of piperidine rings is 1. The molecule has 0 unspecified atom stereocenters. The lowest BCUT2D eigenvalue weighted by molar-refractivity contribution is -0.123. The number of amides is 2. The number of nitrogens with zero attached hydrogens (tertiary/aromatic N) is 3. The maximum atomic E-state index is 12.4. The van der Waals surface area contributed by atoms with E-state index in [4.69, 9.17) is 17.3 Å². The van der Waals surface area contributed by atoms with Gasteiger partial charge in [-0.3, -0.25) is 14.5 Å². The number of benzene rings is 1. The molecule has 8 heteroatoms. The molecule has 1 aliphatic heterocycles. The number of nitrogens with two attached hydrogens (primary N) is 1. The highest BCUT2D eigenvalue weighted by molar-refractivity contribution is 6.31. The number of rotatable bonds is 6. The summed E-state index contributed by atoms with van der Waals surface area (Å²) in [5.41, 5.74) is 6.27. The molecule has 1 aromatic heterocycles. The highest BCUT2D eigenvalue weighted by Gasteiger charge is 2.24. The van der Waals surface area contributed by atoms with Gasteiger partial charge in [-0.2, -0.15) is 5.10 Å². The molecule has 1 saturated heterocycles. The second-order valence-electron chi connectivity index (χ2n) is 6.47. The average molecular weight is 376 g/mol. The minimum atomic E-state index is -0.252. The van der Waals surface area contributed by atoms with Crippen LogP contribution in [0.5, 0.6) is 0 Å². The van der Waals surface area contributed by atoms with Crippen LogP contribution in [-0.4, -0.2) is 46.1 Å². The third kappa shape index (κ3) is 4.62. The fourth-order valence-corrected chi connectivity index (χ4v) is 3.31. The van der Waals surface area contributed by atoms with Crippen LogP contribution in [0.2, 0.25) is 5.02 Å². The first-order valence-electron chi connectivity index (χ1n) is 8.59. The van der Waals surface area contributed by atoms with E-state index < -0.39 is 0 Å². The molecule has 0 spiro atoms. The Balaban J connectivity index is 1.55. The number of aromatic nitrogens is 2. The Morgan fingerprint density at radius 2 is 1.96 bits per heavy atom. The van der Waals surface area contributed by atoms with Gasteiger partial charge in [0.1, 0.15) is 5.82 Å². The first-order valence-corrected chi connectivity index (χ1v) is 8.97. The van der Waals surface area contributed by atoms with Crippen LogP contribution in [0.25, 0.3) is 0 Å². The van der Waals surface area contributed by atoms with Gasteiger partial charge in [-0.05, 0) is 37.6 Å². The summed E-state index contributed by atoms with van der Waals surface area (Å²) in [5.74, 6) is 0.189. The molecule has 1 fully saturated rings. The summed E-state index contributed by atoms with van der Waals surface area (Å²) >= 11 is 6.19. The Morgan fingerprint density at radius 3 is 2.65 bits per heavy atom. The molecular weight excluding hydrogens is 354 g/mol. The standard InChI is InChI=1S/C18H22ClN5O2/c19-15-4-2-1-3-14(15)11-24-16(5-8-21-24)22-17(25)12-23-9-6-13(7-10-23)18(20)26/h1-5,8,13H,6-7,9-12H2,(H2,20,26)(H,22,25). The summed E-state index contributed by atoms with van der Waals surface area (Å²) in [6, 6.07) is 9.30. The highest BCUT2D eigenvalue weighted by atomic mass is 35.5. The number of nitrogens with one attached hydrogen (secondary N) is 1. The van der Waals surface area contributed by atoms with E-state index in [1.807, 2.05) is 29.2 Å². The first kappa shape index (κ1) is 18.4. The van der Waals surface area contributed by atoms with E-state index in [0.29, 0.717) is 43.3 Å². The Kier molecular flexibility index (Phi) is 5.90. The molecule has 7 nitrogen and oxygen atoms in total. The predicted octanol–water partition coefficient (Wildman–Crippen LogP) is 1.72. The van der Waals surface area contributed by atoms with Gasteiger partial charge < -0.3 is 11.1 Å². The number of carbonyl (C=O) groups excluding carboxylic acids is 2. The summed E-state index contributed by atoms with van der Waals surface area (Å²) in [6.45, 7) is 2.15. The number of carbonyl (C=O) groups is 2. The largest absolute Gasteiger partial charge is 0.369 e. The van der Waals surface area contributed by atoms with E-state index in [9.17, 15) is 9.59 Å². The molecule has 0 saturated carbocycles. The summed E-state index contributed by atoms with van der Waals surface area (Å²) in [5, 5.41) is 7.82. The third-order valence-corrected chi connectivity index (χ3v) is 4.99. The minimum absolute atomic E-state index is 0.0774. The normalized spacial score (nSPS) is 15.7. The summed E-state index contributed by atoms with van der Waals surface area (Å²) in [6.07, 6.45) is 3.05. The van der Waals surface area contributed by atoms with Crippen molar-refractivity contribution in [1.29, 1.82) is 0 Å². The summed E-state index contributed by atoms with van der Waals surface area (Å²) in [4.78, 5) is 25.6. The fraction of sp³-hybridized carbons (Fsp3) is 0.389. The first-order chi connectivity index (χ1) is 12.5. The second-order valence-corrected chi connectivity index (χ2v) is 6.87. The molecule has 2 heterocycles. The Bertz CT molecular complexity index is 783. The molecule has 1 aromatic carbocycles.